The fourth-order valence-electron chi connectivity index (χ4n) is 1.34. The van der Waals surface area contributed by atoms with Gasteiger partial charge in [0.1, 0.15) is 16.4 Å². The first-order chi connectivity index (χ1) is 8.15. The summed E-state index contributed by atoms with van der Waals surface area (Å²) in [5, 5.41) is 21.0. The summed E-state index contributed by atoms with van der Waals surface area (Å²) in [5.74, 6) is -0.683. The highest BCUT2D eigenvalue weighted by molar-refractivity contribution is 7.98. The van der Waals surface area contributed by atoms with Crippen LogP contribution in [0.3, 0.4) is 0 Å². The Balaban J connectivity index is 2.61. The number of aromatic carboxylic acids is 1. The second-order valence-electron chi connectivity index (χ2n) is 3.07. The van der Waals surface area contributed by atoms with E-state index in [9.17, 15) is 4.79 Å². The maximum Gasteiger partial charge on any atom is 0.342 e. The van der Waals surface area contributed by atoms with Crippen LogP contribution >= 0.6 is 11.8 Å². The molecule has 2 aromatic heterocycles. The van der Waals surface area contributed by atoms with E-state index in [0.717, 1.165) is 0 Å². The maximum absolute atomic E-state index is 11.1. The van der Waals surface area contributed by atoms with Gasteiger partial charge < -0.3 is 10.8 Å². The molecule has 2 heterocycles. The van der Waals surface area contributed by atoms with Gasteiger partial charge in [-0.25, -0.2) is 4.79 Å². The Morgan fingerprint density at radius 1 is 1.59 bits per heavy atom. The molecular weight excluding hydrogens is 242 g/mol. The molecule has 2 aromatic rings. The average Bonchev–Trinajstić information content (AvgIpc) is 2.67. The number of carbonyl (C=O) groups is 1. The van der Waals surface area contributed by atoms with Gasteiger partial charge in [0.05, 0.1) is 0 Å². The monoisotopic (exact) mass is 251 g/mol. The van der Waals surface area contributed by atoms with Crippen molar-refractivity contribution in [2.24, 2.45) is 0 Å². The minimum atomic E-state index is -1.11. The SMILES string of the molecule is CSc1nn(-c2cccnn2)c(N)c1C(=O)O. The van der Waals surface area contributed by atoms with E-state index in [2.05, 4.69) is 15.3 Å². The summed E-state index contributed by atoms with van der Waals surface area (Å²) in [5.41, 5.74) is 5.74. The number of carboxylic acid groups (broad SMARTS) is 1. The smallest absolute Gasteiger partial charge is 0.342 e. The lowest BCUT2D eigenvalue weighted by Crippen LogP contribution is -2.07. The van der Waals surface area contributed by atoms with Gasteiger partial charge in [0.15, 0.2) is 5.82 Å². The Bertz CT molecular complexity index is 554. The summed E-state index contributed by atoms with van der Waals surface area (Å²) in [4.78, 5) is 11.1. The van der Waals surface area contributed by atoms with Crippen LogP contribution in [-0.2, 0) is 0 Å². The Hall–Kier alpha value is -2.09. The molecule has 0 aliphatic heterocycles. The van der Waals surface area contributed by atoms with Gasteiger partial charge in [0.2, 0.25) is 0 Å². The molecule has 7 nitrogen and oxygen atoms in total. The Morgan fingerprint density at radius 2 is 2.35 bits per heavy atom. The van der Waals surface area contributed by atoms with Crippen LogP contribution in [0, 0.1) is 0 Å². The fraction of sp³-hybridized carbons (Fsp3) is 0.111. The van der Waals surface area contributed by atoms with Crippen molar-refractivity contribution in [3.63, 3.8) is 0 Å². The van der Waals surface area contributed by atoms with Crippen molar-refractivity contribution in [3.8, 4) is 5.82 Å². The van der Waals surface area contributed by atoms with E-state index in [1.807, 2.05) is 0 Å². The second-order valence-corrected chi connectivity index (χ2v) is 3.86. The number of carboxylic acids is 1. The number of hydrogen-bond acceptors (Lipinski definition) is 6. The zero-order valence-corrected chi connectivity index (χ0v) is 9.68. The molecule has 88 valence electrons. The predicted molar refractivity (Wildman–Crippen MR) is 62.3 cm³/mol. The van der Waals surface area contributed by atoms with Crippen LogP contribution in [-0.4, -0.2) is 37.3 Å². The number of aromatic nitrogens is 4. The average molecular weight is 251 g/mol. The van der Waals surface area contributed by atoms with Gasteiger partial charge in [-0.1, -0.05) is 0 Å². The van der Waals surface area contributed by atoms with E-state index < -0.39 is 5.97 Å². The number of nitrogen functional groups attached to an aromatic ring is 1. The Labute approximate surface area is 101 Å². The highest BCUT2D eigenvalue weighted by Gasteiger charge is 2.22. The molecule has 0 bridgehead atoms. The normalized spacial score (nSPS) is 10.4. The van der Waals surface area contributed by atoms with Gasteiger partial charge in [0, 0.05) is 6.20 Å². The predicted octanol–water partition coefficient (Wildman–Crippen LogP) is 0.665. The zero-order valence-electron chi connectivity index (χ0n) is 8.86. The highest BCUT2D eigenvalue weighted by atomic mass is 32.2. The molecule has 8 heteroatoms. The molecule has 0 saturated carbocycles. The number of nitrogens with two attached hydrogens (primary N) is 1. The second kappa shape index (κ2) is 4.42. The summed E-state index contributed by atoms with van der Waals surface area (Å²) >= 11 is 1.21. The Morgan fingerprint density at radius 3 is 2.82 bits per heavy atom. The Kier molecular flexibility index (Phi) is 2.96. The van der Waals surface area contributed by atoms with Gasteiger partial charge in [-0.2, -0.15) is 14.9 Å². The quantitative estimate of drug-likeness (QED) is 0.772. The zero-order chi connectivity index (χ0) is 12.4. The molecule has 0 saturated heterocycles. The van der Waals surface area contributed by atoms with Crippen molar-refractivity contribution in [2.75, 3.05) is 12.0 Å². The highest BCUT2D eigenvalue weighted by Crippen LogP contribution is 2.26. The molecule has 0 spiro atoms. The minimum Gasteiger partial charge on any atom is -0.477 e. The largest absolute Gasteiger partial charge is 0.477 e. The molecule has 0 amide bonds. The van der Waals surface area contributed by atoms with E-state index in [1.165, 1.54) is 22.6 Å². The summed E-state index contributed by atoms with van der Waals surface area (Å²) < 4.78 is 1.27. The summed E-state index contributed by atoms with van der Waals surface area (Å²) in [6.45, 7) is 0. The molecule has 0 aromatic carbocycles. The van der Waals surface area contributed by atoms with Crippen molar-refractivity contribution in [1.29, 1.82) is 0 Å². The van der Waals surface area contributed by atoms with Gasteiger partial charge in [0.25, 0.3) is 0 Å². The van der Waals surface area contributed by atoms with Gasteiger partial charge >= 0.3 is 5.97 Å². The molecular formula is C9H9N5O2S. The number of thioether (sulfide) groups is 1. The van der Waals surface area contributed by atoms with Gasteiger partial charge in [-0.05, 0) is 18.4 Å². The maximum atomic E-state index is 11.1. The van der Waals surface area contributed by atoms with Crippen LogP contribution in [0.5, 0.6) is 0 Å². The van der Waals surface area contributed by atoms with E-state index >= 15 is 0 Å². The van der Waals surface area contributed by atoms with E-state index in [0.29, 0.717) is 10.8 Å². The van der Waals surface area contributed by atoms with Crippen LogP contribution < -0.4 is 5.73 Å². The summed E-state index contributed by atoms with van der Waals surface area (Å²) in [6, 6.07) is 3.31. The number of anilines is 1. The van der Waals surface area contributed by atoms with Crippen molar-refractivity contribution < 1.29 is 9.90 Å². The lowest BCUT2D eigenvalue weighted by molar-refractivity contribution is 0.0694. The topological polar surface area (TPSA) is 107 Å². The molecule has 0 atom stereocenters. The van der Waals surface area contributed by atoms with Crippen LogP contribution in [0.4, 0.5) is 5.82 Å². The molecule has 0 fully saturated rings. The van der Waals surface area contributed by atoms with Crippen LogP contribution in [0.15, 0.2) is 23.4 Å². The van der Waals surface area contributed by atoms with Crippen molar-refractivity contribution in [2.45, 2.75) is 5.03 Å². The third-order valence-corrected chi connectivity index (χ3v) is 2.74. The van der Waals surface area contributed by atoms with Gasteiger partial charge in [-0.3, -0.25) is 0 Å². The molecule has 0 radical (unpaired) electrons. The molecule has 0 aliphatic carbocycles. The summed E-state index contributed by atoms with van der Waals surface area (Å²) in [7, 11) is 0. The lowest BCUT2D eigenvalue weighted by Gasteiger charge is -2.00. The fourth-order valence-corrected chi connectivity index (χ4v) is 1.89. The van der Waals surface area contributed by atoms with Crippen LogP contribution in [0.1, 0.15) is 10.4 Å². The van der Waals surface area contributed by atoms with Crippen molar-refractivity contribution in [1.82, 2.24) is 20.0 Å². The molecule has 17 heavy (non-hydrogen) atoms. The first-order valence-electron chi connectivity index (χ1n) is 4.59. The molecule has 3 N–H and O–H groups in total. The van der Waals surface area contributed by atoms with Crippen molar-refractivity contribution in [3.05, 3.63) is 23.9 Å². The number of nitrogens with zero attached hydrogens (tertiary/aromatic N) is 4. The van der Waals surface area contributed by atoms with E-state index in [4.69, 9.17) is 10.8 Å². The first-order valence-corrected chi connectivity index (χ1v) is 5.81. The minimum absolute atomic E-state index is 0.0110. The van der Waals surface area contributed by atoms with Crippen LogP contribution in [0.2, 0.25) is 0 Å². The lowest BCUT2D eigenvalue weighted by atomic mass is 10.3. The third kappa shape index (κ3) is 1.94. The van der Waals surface area contributed by atoms with Crippen molar-refractivity contribution >= 4 is 23.5 Å². The third-order valence-electron chi connectivity index (χ3n) is 2.07. The molecule has 2 rings (SSSR count). The number of hydrogen-bond donors (Lipinski definition) is 2. The van der Waals surface area contributed by atoms with Gasteiger partial charge in [-0.15, -0.1) is 16.9 Å². The summed E-state index contributed by atoms with van der Waals surface area (Å²) in [6.07, 6.45) is 3.24. The number of rotatable bonds is 3. The van der Waals surface area contributed by atoms with Crippen LogP contribution in [0.25, 0.3) is 5.82 Å². The van der Waals surface area contributed by atoms with E-state index in [-0.39, 0.29) is 11.4 Å². The van der Waals surface area contributed by atoms with E-state index in [1.54, 1.807) is 18.4 Å². The molecule has 0 unspecified atom stereocenters. The standard InChI is InChI=1S/C9H9N5O2S/c1-17-8-6(9(15)16)7(10)14(13-8)5-3-2-4-11-12-5/h2-4H,10H2,1H3,(H,15,16). The molecule has 0 aliphatic rings. The first kappa shape index (κ1) is 11.4.